The van der Waals surface area contributed by atoms with Crippen molar-refractivity contribution in [2.45, 2.75) is 12.5 Å². The number of nitrogens with zero attached hydrogens (tertiary/aromatic N) is 3. The third-order valence-electron chi connectivity index (χ3n) is 3.14. The number of carbonyl (C=O) groups excluding carboxylic acids is 1. The minimum Gasteiger partial charge on any atom is -0.504 e. The monoisotopic (exact) mass is 280 g/mol. The summed E-state index contributed by atoms with van der Waals surface area (Å²) in [6.07, 6.45) is 1.82. The van der Waals surface area contributed by atoms with Crippen LogP contribution in [0.5, 0.6) is 5.75 Å². The number of hydrogen-bond donors (Lipinski definition) is 2. The second-order valence-electron chi connectivity index (χ2n) is 4.53. The number of anilines is 1. The molecule has 2 heterocycles. The summed E-state index contributed by atoms with van der Waals surface area (Å²) in [7, 11) is 1.80. The Balaban J connectivity index is 2.04. The molecule has 0 aliphatic carbocycles. The van der Waals surface area contributed by atoms with Gasteiger partial charge < -0.3 is 10.4 Å². The Morgan fingerprint density at radius 3 is 3.05 bits per heavy atom. The van der Waals surface area contributed by atoms with E-state index in [0.29, 0.717) is 18.0 Å². The van der Waals surface area contributed by atoms with E-state index in [1.807, 2.05) is 4.90 Å². The van der Waals surface area contributed by atoms with Crippen LogP contribution in [0.15, 0.2) is 12.3 Å². The number of carbonyl (C=O) groups is 1. The molecule has 6 nitrogen and oxygen atoms in total. The molecule has 1 saturated heterocycles. The van der Waals surface area contributed by atoms with Crippen LogP contribution in [-0.4, -0.2) is 40.5 Å². The van der Waals surface area contributed by atoms with Gasteiger partial charge in [0.2, 0.25) is 5.91 Å². The van der Waals surface area contributed by atoms with Gasteiger partial charge in [0.1, 0.15) is 0 Å². The maximum Gasteiger partial charge on any atom is 0.230 e. The molecule has 1 aromatic rings. The molecule has 100 valence electrons. The van der Waals surface area contributed by atoms with Crippen molar-refractivity contribution in [3.8, 4) is 11.8 Å². The van der Waals surface area contributed by atoms with E-state index in [1.165, 1.54) is 12.3 Å². The van der Waals surface area contributed by atoms with Crippen LogP contribution < -0.4 is 5.32 Å². The SMILES string of the molecule is CN1C[C@@H](C(=O)Nc2ncc(Cl)cc2O)CC1C#N. The van der Waals surface area contributed by atoms with Gasteiger partial charge in [-0.05, 0) is 13.5 Å². The number of amides is 1. The van der Waals surface area contributed by atoms with E-state index in [1.54, 1.807) is 7.05 Å². The van der Waals surface area contributed by atoms with Crippen LogP contribution in [-0.2, 0) is 4.79 Å². The highest BCUT2D eigenvalue weighted by Gasteiger charge is 2.34. The molecule has 1 unspecified atom stereocenters. The fourth-order valence-corrected chi connectivity index (χ4v) is 2.24. The van der Waals surface area contributed by atoms with E-state index in [-0.39, 0.29) is 29.4 Å². The van der Waals surface area contributed by atoms with Crippen LogP contribution in [0.25, 0.3) is 0 Å². The zero-order valence-electron chi connectivity index (χ0n) is 10.3. The lowest BCUT2D eigenvalue weighted by atomic mass is 10.1. The molecule has 2 atom stereocenters. The molecule has 2 N–H and O–H groups in total. The van der Waals surface area contributed by atoms with Crippen molar-refractivity contribution >= 4 is 23.3 Å². The average molecular weight is 281 g/mol. The van der Waals surface area contributed by atoms with Gasteiger partial charge in [0, 0.05) is 18.8 Å². The largest absolute Gasteiger partial charge is 0.504 e. The fraction of sp³-hybridized carbons (Fsp3) is 0.417. The number of aromatic nitrogens is 1. The normalized spacial score (nSPS) is 23.0. The number of aromatic hydroxyl groups is 1. The number of hydrogen-bond acceptors (Lipinski definition) is 5. The lowest BCUT2D eigenvalue weighted by Gasteiger charge is -2.11. The van der Waals surface area contributed by atoms with Crippen LogP contribution in [0.4, 0.5) is 5.82 Å². The smallest absolute Gasteiger partial charge is 0.230 e. The van der Waals surface area contributed by atoms with E-state index >= 15 is 0 Å². The van der Waals surface area contributed by atoms with Crippen LogP contribution in [0.2, 0.25) is 5.02 Å². The molecule has 1 aromatic heterocycles. The second kappa shape index (κ2) is 5.43. The highest BCUT2D eigenvalue weighted by atomic mass is 35.5. The molecule has 0 spiro atoms. The predicted molar refractivity (Wildman–Crippen MR) is 69.7 cm³/mol. The number of rotatable bonds is 2. The molecule has 1 fully saturated rings. The van der Waals surface area contributed by atoms with Gasteiger partial charge in [-0.3, -0.25) is 9.69 Å². The molecule has 19 heavy (non-hydrogen) atoms. The highest BCUT2D eigenvalue weighted by molar-refractivity contribution is 6.30. The van der Waals surface area contributed by atoms with Gasteiger partial charge in [0.15, 0.2) is 11.6 Å². The van der Waals surface area contributed by atoms with Crippen LogP contribution in [0, 0.1) is 17.2 Å². The van der Waals surface area contributed by atoms with Crippen LogP contribution in [0.3, 0.4) is 0 Å². The minimum atomic E-state index is -0.286. The van der Waals surface area contributed by atoms with Gasteiger partial charge in [-0.15, -0.1) is 0 Å². The fourth-order valence-electron chi connectivity index (χ4n) is 2.08. The summed E-state index contributed by atoms with van der Waals surface area (Å²) < 4.78 is 0. The molecule has 1 amide bonds. The lowest BCUT2D eigenvalue weighted by Crippen LogP contribution is -2.26. The number of nitriles is 1. The molecular formula is C12H13ClN4O2. The summed E-state index contributed by atoms with van der Waals surface area (Å²) in [5.74, 6) is -0.636. The third kappa shape index (κ3) is 2.95. The number of pyridine rings is 1. The molecule has 0 radical (unpaired) electrons. The number of nitrogens with one attached hydrogen (secondary N) is 1. The van der Waals surface area contributed by atoms with Crippen molar-refractivity contribution in [3.05, 3.63) is 17.3 Å². The summed E-state index contributed by atoms with van der Waals surface area (Å²) >= 11 is 5.66. The predicted octanol–water partition coefficient (Wildman–Crippen LogP) is 1.22. The molecular weight excluding hydrogens is 268 g/mol. The Morgan fingerprint density at radius 2 is 2.47 bits per heavy atom. The summed E-state index contributed by atoms with van der Waals surface area (Å²) in [6.45, 7) is 0.512. The van der Waals surface area contributed by atoms with E-state index < -0.39 is 0 Å². The van der Waals surface area contributed by atoms with Crippen molar-refractivity contribution in [2.24, 2.45) is 5.92 Å². The Bertz CT molecular complexity index is 543. The van der Waals surface area contributed by atoms with Crippen molar-refractivity contribution in [1.82, 2.24) is 9.88 Å². The molecule has 7 heteroatoms. The lowest BCUT2D eigenvalue weighted by molar-refractivity contribution is -0.119. The van der Waals surface area contributed by atoms with Gasteiger partial charge in [-0.1, -0.05) is 11.6 Å². The first kappa shape index (κ1) is 13.6. The van der Waals surface area contributed by atoms with E-state index in [0.717, 1.165) is 0 Å². The molecule has 0 bridgehead atoms. The van der Waals surface area contributed by atoms with Gasteiger partial charge in [0.05, 0.1) is 23.1 Å². The van der Waals surface area contributed by atoms with E-state index in [9.17, 15) is 9.90 Å². The first-order chi connectivity index (χ1) is 9.01. The molecule has 1 aliphatic rings. The molecule has 0 saturated carbocycles. The van der Waals surface area contributed by atoms with Crippen molar-refractivity contribution < 1.29 is 9.90 Å². The zero-order chi connectivity index (χ0) is 14.0. The molecule has 2 rings (SSSR count). The van der Waals surface area contributed by atoms with Gasteiger partial charge in [0.25, 0.3) is 0 Å². The van der Waals surface area contributed by atoms with E-state index in [4.69, 9.17) is 16.9 Å². The Morgan fingerprint density at radius 1 is 1.74 bits per heavy atom. The number of halogens is 1. The topological polar surface area (TPSA) is 89.2 Å². The Kier molecular flexibility index (Phi) is 3.88. The summed E-state index contributed by atoms with van der Waals surface area (Å²) in [4.78, 5) is 17.7. The van der Waals surface area contributed by atoms with Gasteiger partial charge >= 0.3 is 0 Å². The maximum atomic E-state index is 12.0. The van der Waals surface area contributed by atoms with Gasteiger partial charge in [-0.25, -0.2) is 4.98 Å². The molecule has 0 aromatic carbocycles. The Hall–Kier alpha value is -1.84. The van der Waals surface area contributed by atoms with E-state index in [2.05, 4.69) is 16.4 Å². The van der Waals surface area contributed by atoms with Crippen molar-refractivity contribution in [2.75, 3.05) is 18.9 Å². The number of likely N-dealkylation sites (tertiary alicyclic amines) is 1. The zero-order valence-corrected chi connectivity index (χ0v) is 11.1. The molecule has 1 aliphatic heterocycles. The first-order valence-corrected chi connectivity index (χ1v) is 6.14. The summed E-state index contributed by atoms with van der Waals surface area (Å²) in [6, 6.07) is 3.21. The Labute approximate surface area is 115 Å². The third-order valence-corrected chi connectivity index (χ3v) is 3.35. The van der Waals surface area contributed by atoms with Crippen molar-refractivity contribution in [3.63, 3.8) is 0 Å². The van der Waals surface area contributed by atoms with Gasteiger partial charge in [-0.2, -0.15) is 5.26 Å². The quantitative estimate of drug-likeness (QED) is 0.850. The summed E-state index contributed by atoms with van der Waals surface area (Å²) in [5, 5.41) is 21.4. The van der Waals surface area contributed by atoms with Crippen molar-refractivity contribution in [1.29, 1.82) is 5.26 Å². The standard InChI is InChI=1S/C12H13ClN4O2/c1-17-6-7(2-9(17)4-14)12(19)16-11-10(18)3-8(13)5-15-11/h3,5,7,9,18H,2,6H2,1H3,(H,15,16,19)/t7-,9?/m0/s1. The average Bonchev–Trinajstić information content (AvgIpc) is 2.74. The minimum absolute atomic E-state index is 0.0810. The maximum absolute atomic E-state index is 12.0. The second-order valence-corrected chi connectivity index (χ2v) is 4.96. The first-order valence-electron chi connectivity index (χ1n) is 5.76. The highest BCUT2D eigenvalue weighted by Crippen LogP contribution is 2.26. The van der Waals surface area contributed by atoms with Crippen LogP contribution >= 0.6 is 11.6 Å². The summed E-state index contributed by atoms with van der Waals surface area (Å²) in [5.41, 5.74) is 0. The van der Waals surface area contributed by atoms with Crippen LogP contribution in [0.1, 0.15) is 6.42 Å².